The predicted molar refractivity (Wildman–Crippen MR) is 50.7 cm³/mol. The lowest BCUT2D eigenvalue weighted by Crippen LogP contribution is -2.40. The lowest BCUT2D eigenvalue weighted by Gasteiger charge is -2.26. The van der Waals surface area contributed by atoms with Crippen molar-refractivity contribution in [3.8, 4) is 0 Å². The highest BCUT2D eigenvalue weighted by Crippen LogP contribution is 2.23. The number of amides is 1. The summed E-state index contributed by atoms with van der Waals surface area (Å²) in [7, 11) is 0. The van der Waals surface area contributed by atoms with Crippen LogP contribution in [0, 0.1) is 5.92 Å². The molecular formula is C9H8BrNO. The van der Waals surface area contributed by atoms with E-state index in [1.807, 2.05) is 18.2 Å². The second-order valence-electron chi connectivity index (χ2n) is 2.88. The van der Waals surface area contributed by atoms with Gasteiger partial charge in [-0.05, 0) is 6.08 Å². The third kappa shape index (κ3) is 1.37. The van der Waals surface area contributed by atoms with E-state index in [0.29, 0.717) is 5.92 Å². The first kappa shape index (κ1) is 7.80. The van der Waals surface area contributed by atoms with Crippen molar-refractivity contribution in [2.75, 3.05) is 0 Å². The molecule has 3 heteroatoms. The van der Waals surface area contributed by atoms with E-state index < -0.39 is 0 Å². The summed E-state index contributed by atoms with van der Waals surface area (Å²) in [5, 5.41) is 2.86. The minimum atomic E-state index is -0.00711. The van der Waals surface area contributed by atoms with E-state index in [0.717, 1.165) is 4.48 Å². The van der Waals surface area contributed by atoms with Crippen molar-refractivity contribution >= 4 is 21.8 Å². The standard InChI is InChI=1S/C9H8BrNO/c10-7-2-3-8-6(5-7)1-4-9(12)11-8/h1-6,8H,(H,11,12)/t6-,8-/m1/s1. The van der Waals surface area contributed by atoms with E-state index in [9.17, 15) is 4.79 Å². The van der Waals surface area contributed by atoms with Crippen LogP contribution >= 0.6 is 15.9 Å². The molecule has 1 N–H and O–H groups in total. The van der Waals surface area contributed by atoms with Gasteiger partial charge < -0.3 is 5.32 Å². The summed E-state index contributed by atoms with van der Waals surface area (Å²) in [6, 6.07) is 0.142. The van der Waals surface area contributed by atoms with E-state index in [1.54, 1.807) is 6.08 Å². The molecule has 12 heavy (non-hydrogen) atoms. The van der Waals surface area contributed by atoms with Gasteiger partial charge in [0.1, 0.15) is 0 Å². The normalized spacial score (nSPS) is 32.4. The molecule has 62 valence electrons. The fraction of sp³-hybridized carbons (Fsp3) is 0.222. The summed E-state index contributed by atoms with van der Waals surface area (Å²) in [5.41, 5.74) is 0. The van der Waals surface area contributed by atoms with Crippen LogP contribution < -0.4 is 5.32 Å². The molecular weight excluding hydrogens is 218 g/mol. The van der Waals surface area contributed by atoms with Crippen LogP contribution in [0.5, 0.6) is 0 Å². The van der Waals surface area contributed by atoms with Crippen molar-refractivity contribution in [1.29, 1.82) is 0 Å². The van der Waals surface area contributed by atoms with Gasteiger partial charge in [-0.25, -0.2) is 0 Å². The van der Waals surface area contributed by atoms with Gasteiger partial charge in [0.15, 0.2) is 0 Å². The Hall–Kier alpha value is -0.830. The Morgan fingerprint density at radius 3 is 3.00 bits per heavy atom. The summed E-state index contributed by atoms with van der Waals surface area (Å²) >= 11 is 3.39. The lowest BCUT2D eigenvalue weighted by molar-refractivity contribution is -0.117. The molecule has 2 atom stereocenters. The summed E-state index contributed by atoms with van der Waals surface area (Å²) < 4.78 is 1.07. The zero-order valence-corrected chi connectivity index (χ0v) is 7.91. The fourth-order valence-corrected chi connectivity index (χ4v) is 1.86. The average molecular weight is 226 g/mol. The highest BCUT2D eigenvalue weighted by atomic mass is 79.9. The van der Waals surface area contributed by atoms with Crippen LogP contribution in [0.25, 0.3) is 0 Å². The fourth-order valence-electron chi connectivity index (χ4n) is 1.40. The zero-order chi connectivity index (χ0) is 8.55. The van der Waals surface area contributed by atoms with Gasteiger partial charge in [0.2, 0.25) is 5.91 Å². The molecule has 0 aromatic carbocycles. The van der Waals surface area contributed by atoms with Crippen molar-refractivity contribution in [3.05, 3.63) is 34.9 Å². The second kappa shape index (κ2) is 2.90. The maximum atomic E-state index is 10.9. The van der Waals surface area contributed by atoms with Crippen LogP contribution in [-0.4, -0.2) is 11.9 Å². The van der Waals surface area contributed by atoms with E-state index in [1.165, 1.54) is 0 Å². The Labute approximate surface area is 79.2 Å². The van der Waals surface area contributed by atoms with Crippen molar-refractivity contribution < 1.29 is 4.79 Å². The number of hydrogen-bond donors (Lipinski definition) is 1. The Kier molecular flexibility index (Phi) is 1.89. The predicted octanol–water partition coefficient (Wildman–Crippen LogP) is 1.51. The summed E-state index contributed by atoms with van der Waals surface area (Å²) in [6.45, 7) is 0. The van der Waals surface area contributed by atoms with Crippen LogP contribution in [0.4, 0.5) is 0 Å². The van der Waals surface area contributed by atoms with Crippen LogP contribution in [0.1, 0.15) is 0 Å². The number of hydrogen-bond acceptors (Lipinski definition) is 1. The van der Waals surface area contributed by atoms with Gasteiger partial charge in [-0.1, -0.05) is 40.2 Å². The molecule has 1 aliphatic carbocycles. The Morgan fingerprint density at radius 2 is 2.17 bits per heavy atom. The van der Waals surface area contributed by atoms with E-state index in [4.69, 9.17) is 0 Å². The third-order valence-corrected chi connectivity index (χ3v) is 2.54. The molecule has 2 aliphatic rings. The molecule has 1 heterocycles. The molecule has 0 aromatic rings. The molecule has 0 unspecified atom stereocenters. The van der Waals surface area contributed by atoms with Gasteiger partial charge in [-0.15, -0.1) is 0 Å². The van der Waals surface area contributed by atoms with Crippen LogP contribution in [0.15, 0.2) is 34.9 Å². The van der Waals surface area contributed by atoms with Gasteiger partial charge in [-0.3, -0.25) is 4.79 Å². The second-order valence-corrected chi connectivity index (χ2v) is 3.80. The first-order valence-electron chi connectivity index (χ1n) is 3.80. The number of halogens is 1. The topological polar surface area (TPSA) is 29.1 Å². The molecule has 2 nitrogen and oxygen atoms in total. The van der Waals surface area contributed by atoms with E-state index in [-0.39, 0.29) is 11.9 Å². The monoisotopic (exact) mass is 225 g/mol. The van der Waals surface area contributed by atoms with Crippen LogP contribution in [0.2, 0.25) is 0 Å². The molecule has 2 rings (SSSR count). The molecule has 0 fully saturated rings. The lowest BCUT2D eigenvalue weighted by atomic mass is 9.92. The Bertz CT molecular complexity index is 304. The number of allylic oxidation sites excluding steroid dienone is 2. The molecule has 0 aromatic heterocycles. The molecule has 0 radical (unpaired) electrons. The quantitative estimate of drug-likeness (QED) is 0.666. The maximum Gasteiger partial charge on any atom is 0.244 e. The van der Waals surface area contributed by atoms with Crippen LogP contribution in [-0.2, 0) is 4.79 Å². The molecule has 0 spiro atoms. The molecule has 0 bridgehead atoms. The van der Waals surface area contributed by atoms with Crippen molar-refractivity contribution in [3.63, 3.8) is 0 Å². The Morgan fingerprint density at radius 1 is 1.33 bits per heavy atom. The molecule has 1 aliphatic heterocycles. The molecule has 0 saturated heterocycles. The number of rotatable bonds is 0. The summed E-state index contributed by atoms with van der Waals surface area (Å²) in [4.78, 5) is 10.9. The summed E-state index contributed by atoms with van der Waals surface area (Å²) in [5.74, 6) is 0.300. The van der Waals surface area contributed by atoms with Gasteiger partial charge >= 0.3 is 0 Å². The SMILES string of the molecule is O=C1C=C[C@@H]2C=C(Br)C=C[C@H]2N1. The average Bonchev–Trinajstić information content (AvgIpc) is 2.05. The van der Waals surface area contributed by atoms with Gasteiger partial charge in [0, 0.05) is 10.4 Å². The maximum absolute atomic E-state index is 10.9. The van der Waals surface area contributed by atoms with Crippen molar-refractivity contribution in [2.45, 2.75) is 6.04 Å². The zero-order valence-electron chi connectivity index (χ0n) is 6.33. The number of carbonyl (C=O) groups excluding carboxylic acids is 1. The number of carbonyl (C=O) groups is 1. The first-order chi connectivity index (χ1) is 5.75. The largest absolute Gasteiger partial charge is 0.345 e. The summed E-state index contributed by atoms with van der Waals surface area (Å²) in [6.07, 6.45) is 9.54. The van der Waals surface area contributed by atoms with E-state index >= 15 is 0 Å². The smallest absolute Gasteiger partial charge is 0.244 e. The minimum Gasteiger partial charge on any atom is -0.345 e. The van der Waals surface area contributed by atoms with Gasteiger partial charge in [0.05, 0.1) is 6.04 Å². The van der Waals surface area contributed by atoms with Gasteiger partial charge in [0.25, 0.3) is 0 Å². The minimum absolute atomic E-state index is 0.00711. The van der Waals surface area contributed by atoms with Gasteiger partial charge in [-0.2, -0.15) is 0 Å². The highest BCUT2D eigenvalue weighted by molar-refractivity contribution is 9.11. The first-order valence-corrected chi connectivity index (χ1v) is 4.59. The van der Waals surface area contributed by atoms with Crippen molar-refractivity contribution in [2.24, 2.45) is 5.92 Å². The number of fused-ring (bicyclic) bond motifs is 1. The van der Waals surface area contributed by atoms with Crippen LogP contribution in [0.3, 0.4) is 0 Å². The highest BCUT2D eigenvalue weighted by Gasteiger charge is 2.22. The molecule has 0 saturated carbocycles. The van der Waals surface area contributed by atoms with Crippen molar-refractivity contribution in [1.82, 2.24) is 5.32 Å². The van der Waals surface area contributed by atoms with E-state index in [2.05, 4.69) is 27.3 Å². The number of nitrogens with one attached hydrogen (secondary N) is 1. The Balaban J connectivity index is 2.27. The molecule has 1 amide bonds. The third-order valence-electron chi connectivity index (χ3n) is 2.01.